The fourth-order valence-electron chi connectivity index (χ4n) is 8.96. The summed E-state index contributed by atoms with van der Waals surface area (Å²) in [6.45, 7) is 15.4. The lowest BCUT2D eigenvalue weighted by atomic mass is 9.78. The van der Waals surface area contributed by atoms with Crippen LogP contribution in [0.1, 0.15) is 89.2 Å². The highest BCUT2D eigenvalue weighted by Gasteiger charge is 2.50. The molecule has 2 aromatic rings. The maximum Gasteiger partial charge on any atom is 0.312 e. The van der Waals surface area contributed by atoms with E-state index in [2.05, 4.69) is 15.3 Å². The molecule has 0 aromatic heterocycles. The molecular weight excluding hydrogens is 801 g/mol. The Labute approximate surface area is 362 Å². The lowest BCUT2D eigenvalue weighted by Crippen LogP contribution is -2.50. The molecule has 1 aliphatic carbocycles. The van der Waals surface area contributed by atoms with Crippen LogP contribution in [0.15, 0.2) is 41.2 Å². The van der Waals surface area contributed by atoms with Crippen LogP contribution in [0.4, 0.5) is 5.69 Å². The molecule has 1 saturated heterocycles. The first-order chi connectivity index (χ1) is 29.3. The molecule has 5 aliphatic rings. The number of esters is 1. The topological polar surface area (TPSA) is 220 Å². The van der Waals surface area contributed by atoms with E-state index in [0.717, 1.165) is 13.1 Å². The number of benzene rings is 2. The third-order valence-electron chi connectivity index (χ3n) is 13.3. The molecule has 1 amide bonds. The number of rotatable bonds is 5. The predicted molar refractivity (Wildman–Crippen MR) is 232 cm³/mol. The van der Waals surface area contributed by atoms with Gasteiger partial charge in [0.1, 0.15) is 23.4 Å². The Kier molecular flexibility index (Phi) is 14.0. The lowest BCUT2D eigenvalue weighted by molar-refractivity contribution is -0.160. The van der Waals surface area contributed by atoms with Crippen molar-refractivity contribution in [3.63, 3.8) is 0 Å². The second-order valence-corrected chi connectivity index (χ2v) is 17.4. The van der Waals surface area contributed by atoms with E-state index in [1.54, 1.807) is 39.8 Å². The number of phenols is 3. The number of nitrogens with one attached hydrogen (secondary N) is 1. The van der Waals surface area contributed by atoms with Gasteiger partial charge in [0, 0.05) is 93.4 Å². The van der Waals surface area contributed by atoms with E-state index in [9.17, 15) is 39.9 Å². The molecule has 5 bridgehead atoms. The van der Waals surface area contributed by atoms with Crippen molar-refractivity contribution in [3.05, 3.63) is 52.8 Å². The molecule has 6 N–H and O–H groups in total. The van der Waals surface area contributed by atoms with Gasteiger partial charge in [-0.25, -0.2) is 0 Å². The van der Waals surface area contributed by atoms with Gasteiger partial charge >= 0.3 is 11.8 Å². The molecule has 0 spiro atoms. The molecule has 16 nitrogen and oxygen atoms in total. The molecule has 338 valence electrons. The first-order valence-corrected chi connectivity index (χ1v) is 21.4. The van der Waals surface area contributed by atoms with E-state index >= 15 is 0 Å². The minimum Gasteiger partial charge on any atom is -0.507 e. The number of Topliss-reactive ketones (excluding diaryl/α,β-unsaturated/α-hetero) is 1. The number of hydrogen-bond donors (Lipinski definition) is 6. The molecule has 7 rings (SSSR count). The minimum atomic E-state index is -2.04. The van der Waals surface area contributed by atoms with Crippen molar-refractivity contribution < 1.29 is 58.9 Å². The van der Waals surface area contributed by atoms with Gasteiger partial charge in [0.15, 0.2) is 5.75 Å². The third kappa shape index (κ3) is 8.87. The number of fused-ring (bicyclic) bond motifs is 14. The Hall–Kier alpha value is -5.16. The number of methoxy groups -OCH3 is 1. The number of hydrogen-bond acceptors (Lipinski definition) is 15. The van der Waals surface area contributed by atoms with Crippen molar-refractivity contribution in [1.82, 2.24) is 9.91 Å². The van der Waals surface area contributed by atoms with Crippen LogP contribution in [0.25, 0.3) is 10.8 Å². The number of aliphatic hydroxyl groups is 2. The number of ketones is 1. The molecule has 9 atom stereocenters. The van der Waals surface area contributed by atoms with Gasteiger partial charge in [0.05, 0.1) is 53.0 Å². The summed E-state index contributed by atoms with van der Waals surface area (Å²) in [7, 11) is 1.44. The first-order valence-electron chi connectivity index (χ1n) is 21.4. The van der Waals surface area contributed by atoms with Crippen LogP contribution in [-0.4, -0.2) is 129 Å². The number of amides is 1. The van der Waals surface area contributed by atoms with E-state index in [1.807, 2.05) is 5.01 Å². The Morgan fingerprint density at radius 2 is 1.61 bits per heavy atom. The number of aliphatic hydroxyl groups excluding tert-OH is 2. The van der Waals surface area contributed by atoms with Crippen LogP contribution in [0.5, 0.6) is 23.0 Å². The summed E-state index contributed by atoms with van der Waals surface area (Å²) in [6.07, 6.45) is 8.52. The van der Waals surface area contributed by atoms with Crippen LogP contribution < -0.4 is 10.1 Å². The first kappa shape index (κ1) is 46.3. The molecule has 9 unspecified atom stereocenters. The number of aromatic hydroxyl groups is 3. The molecular formula is C46H62N4O12. The van der Waals surface area contributed by atoms with Crippen LogP contribution in [0.2, 0.25) is 0 Å². The number of nitrogens with zero attached hydrogens (tertiary/aromatic N) is 3. The standard InChI is InChI=1S/C46H62N4O12/c1-23-12-10-13-24(2)45(58)48-36-31(22-47-50-19-17-49(18-20-50)30-14-11-15-30)40(55)33-34(41(36)56)39(54)28(6)43-35(33)44(57)46(8,62-43)60-21-16-32(59-9)25(3)42(61-29(7)51)27(5)38(53)26(4)37(23)52/h10,12-13,16,21-23,25-27,30,32,37-38,42,52-56H,11,14-15,17-20H2,1-9H3,(H,48,58)/b12-10+,21-16+,24-13-,47-22+. The van der Waals surface area contributed by atoms with E-state index < -0.39 is 88.8 Å². The smallest absolute Gasteiger partial charge is 0.312 e. The molecule has 4 aliphatic heterocycles. The molecule has 16 heteroatoms. The highest BCUT2D eigenvalue weighted by atomic mass is 16.7. The SMILES string of the molecule is COC1/C=C/OC2(C)Oc3c(C)c(O)c4c(O)c(c(/C=N/N5CCN(C6CCC6)CC5)c(O)c4c3C2=O)NC(=O)/C(C)=C\C=C\C(C)C(O)C(C)C(O)C(C)C(OC(C)=O)C1C. The van der Waals surface area contributed by atoms with Gasteiger partial charge in [0.2, 0.25) is 0 Å². The molecule has 1 saturated carbocycles. The van der Waals surface area contributed by atoms with E-state index in [1.165, 1.54) is 78.7 Å². The number of hydrazone groups is 1. The van der Waals surface area contributed by atoms with Gasteiger partial charge in [-0.05, 0) is 32.8 Å². The van der Waals surface area contributed by atoms with Crippen LogP contribution in [0.3, 0.4) is 0 Å². The van der Waals surface area contributed by atoms with Crippen molar-refractivity contribution in [1.29, 1.82) is 0 Å². The molecule has 0 radical (unpaired) electrons. The normalized spacial score (nSPS) is 32.5. The Balaban J connectivity index is 1.48. The summed E-state index contributed by atoms with van der Waals surface area (Å²) in [4.78, 5) is 43.1. The Morgan fingerprint density at radius 3 is 2.23 bits per heavy atom. The number of anilines is 1. The van der Waals surface area contributed by atoms with Crippen molar-refractivity contribution in [2.75, 3.05) is 38.6 Å². The zero-order valence-electron chi connectivity index (χ0n) is 37.0. The second kappa shape index (κ2) is 18.7. The highest BCUT2D eigenvalue weighted by Crippen LogP contribution is 2.55. The minimum absolute atomic E-state index is 0.0623. The van der Waals surface area contributed by atoms with Crippen molar-refractivity contribution in [2.45, 2.75) is 111 Å². The summed E-state index contributed by atoms with van der Waals surface area (Å²) in [6, 6.07) is 0.572. The Bertz CT molecular complexity index is 2170. The van der Waals surface area contributed by atoms with Crippen LogP contribution >= 0.6 is 0 Å². The average molecular weight is 863 g/mol. The number of allylic oxidation sites excluding steroid dienone is 2. The lowest BCUT2D eigenvalue weighted by Gasteiger charge is -2.42. The van der Waals surface area contributed by atoms with Crippen molar-refractivity contribution in [3.8, 4) is 23.0 Å². The predicted octanol–water partition coefficient (Wildman–Crippen LogP) is 5.26. The molecule has 4 heterocycles. The van der Waals surface area contributed by atoms with E-state index in [0.29, 0.717) is 19.1 Å². The summed E-state index contributed by atoms with van der Waals surface area (Å²) in [5, 5.41) is 67.4. The highest BCUT2D eigenvalue weighted by molar-refractivity contribution is 6.23. The summed E-state index contributed by atoms with van der Waals surface area (Å²) in [5.74, 6) is -8.28. The average Bonchev–Trinajstić information content (AvgIpc) is 3.48. The number of piperazine rings is 1. The van der Waals surface area contributed by atoms with Crippen molar-refractivity contribution >= 4 is 40.3 Å². The fourth-order valence-corrected chi connectivity index (χ4v) is 8.96. The molecule has 2 fully saturated rings. The monoisotopic (exact) mass is 862 g/mol. The Morgan fingerprint density at radius 1 is 0.935 bits per heavy atom. The number of phenolic OH excluding ortho intramolecular Hbond substituents is 3. The van der Waals surface area contributed by atoms with E-state index in [4.69, 9.17) is 18.9 Å². The van der Waals surface area contributed by atoms with Crippen molar-refractivity contribution in [2.24, 2.45) is 28.8 Å². The summed E-state index contributed by atoms with van der Waals surface area (Å²) >= 11 is 0. The van der Waals surface area contributed by atoms with Crippen LogP contribution in [0, 0.1) is 30.6 Å². The zero-order chi connectivity index (χ0) is 45.4. The fraction of sp³-hybridized carbons (Fsp3) is 0.565. The number of ether oxygens (including phenoxy) is 4. The maximum atomic E-state index is 14.5. The quantitative estimate of drug-likeness (QED) is 0.0979. The van der Waals surface area contributed by atoms with Gasteiger partial charge in [0.25, 0.3) is 11.7 Å². The summed E-state index contributed by atoms with van der Waals surface area (Å²) < 4.78 is 23.7. The van der Waals surface area contributed by atoms with E-state index in [-0.39, 0.29) is 44.5 Å². The third-order valence-corrected chi connectivity index (χ3v) is 13.3. The summed E-state index contributed by atoms with van der Waals surface area (Å²) in [5.41, 5.74) is -0.298. The van der Waals surface area contributed by atoms with Gasteiger partial charge in [-0.1, -0.05) is 52.3 Å². The van der Waals surface area contributed by atoms with Crippen LogP contribution in [-0.2, 0) is 23.8 Å². The largest absolute Gasteiger partial charge is 0.507 e. The van der Waals surface area contributed by atoms with Gasteiger partial charge in [-0.2, -0.15) is 5.10 Å². The number of carbonyl (C=O) groups excluding carboxylic acids is 3. The second-order valence-electron chi connectivity index (χ2n) is 17.4. The molecule has 62 heavy (non-hydrogen) atoms. The van der Waals surface area contributed by atoms with Gasteiger partial charge in [-0.3, -0.25) is 24.3 Å². The zero-order valence-corrected chi connectivity index (χ0v) is 37.0. The van der Waals surface area contributed by atoms with Gasteiger partial charge in [-0.15, -0.1) is 0 Å². The maximum absolute atomic E-state index is 14.5. The van der Waals surface area contributed by atoms with Gasteiger partial charge < -0.3 is 49.8 Å². The number of carbonyl (C=O) groups is 3. The molecule has 2 aromatic carbocycles.